The zero-order valence-corrected chi connectivity index (χ0v) is 15.0. The molecule has 0 unspecified atom stereocenters. The van der Waals surface area contributed by atoms with Crippen molar-refractivity contribution in [3.63, 3.8) is 0 Å². The number of carbonyl (C=O) groups excluding carboxylic acids is 2. The lowest BCUT2D eigenvalue weighted by atomic mass is 9.88. The van der Waals surface area contributed by atoms with Gasteiger partial charge in [0.25, 0.3) is 17.5 Å². The Balaban J connectivity index is 2.00. The third-order valence-corrected chi connectivity index (χ3v) is 5.15. The summed E-state index contributed by atoms with van der Waals surface area (Å²) >= 11 is 0. The van der Waals surface area contributed by atoms with Crippen LogP contribution in [0.2, 0.25) is 0 Å². The van der Waals surface area contributed by atoms with Crippen LogP contribution in [0.5, 0.6) is 0 Å². The number of hydrogen-bond donors (Lipinski definition) is 1. The van der Waals surface area contributed by atoms with E-state index < -0.39 is 10.8 Å². The van der Waals surface area contributed by atoms with Gasteiger partial charge in [-0.15, -0.1) is 0 Å². The molecule has 2 aliphatic rings. The van der Waals surface area contributed by atoms with Crippen LogP contribution < -0.4 is 5.32 Å². The van der Waals surface area contributed by atoms with Crippen molar-refractivity contribution in [1.29, 1.82) is 0 Å². The molecule has 1 N–H and O–H groups in total. The molecule has 2 amide bonds. The van der Waals surface area contributed by atoms with Crippen LogP contribution in [0.4, 0.5) is 5.69 Å². The lowest BCUT2D eigenvalue weighted by Crippen LogP contribution is -2.57. The van der Waals surface area contributed by atoms with E-state index in [1.54, 1.807) is 23.2 Å². The number of nitrogens with zero attached hydrogens (tertiary/aromatic N) is 3. The molecule has 1 fully saturated rings. The van der Waals surface area contributed by atoms with Crippen molar-refractivity contribution >= 4 is 28.3 Å². The summed E-state index contributed by atoms with van der Waals surface area (Å²) in [5.41, 5.74) is 1.09. The average molecular weight is 368 g/mol. The molecule has 0 aromatic heterocycles. The predicted octanol–water partition coefficient (Wildman–Crippen LogP) is 2.12. The first-order valence-corrected chi connectivity index (χ1v) is 9.12. The van der Waals surface area contributed by atoms with Crippen molar-refractivity contribution in [2.75, 3.05) is 26.2 Å². The lowest BCUT2D eigenvalue weighted by Gasteiger charge is -2.38. The van der Waals surface area contributed by atoms with Gasteiger partial charge >= 0.3 is 0 Å². The van der Waals surface area contributed by atoms with Gasteiger partial charge in [0.2, 0.25) is 0 Å². The molecule has 2 heterocycles. The third-order valence-electron chi connectivity index (χ3n) is 5.15. The molecular weight excluding hydrogens is 348 g/mol. The van der Waals surface area contributed by atoms with Gasteiger partial charge in [0, 0.05) is 43.2 Å². The van der Waals surface area contributed by atoms with Gasteiger partial charge < -0.3 is 5.32 Å². The highest BCUT2D eigenvalue weighted by molar-refractivity contribution is 6.26. The van der Waals surface area contributed by atoms with Gasteiger partial charge in [0.05, 0.1) is 16.1 Å². The summed E-state index contributed by atoms with van der Waals surface area (Å²) in [6.07, 6.45) is 1.07. The second kappa shape index (κ2) is 6.71. The molecule has 1 saturated heterocycles. The molecule has 2 aliphatic heterocycles. The Morgan fingerprint density at radius 1 is 1.19 bits per heavy atom. The molecule has 4 rings (SSSR count). The fraction of sp³-hybridized carbons (Fsp3) is 0.368. The van der Waals surface area contributed by atoms with Gasteiger partial charge in [0.15, 0.2) is 0 Å². The van der Waals surface area contributed by atoms with Crippen molar-refractivity contribution in [2.24, 2.45) is 0 Å². The Bertz CT molecular complexity index is 966. The molecular formula is C19H20N4O4. The number of nitrogens with one attached hydrogen (secondary N) is 1. The fourth-order valence-corrected chi connectivity index (χ4v) is 3.99. The molecule has 0 spiro atoms. The number of carbonyl (C=O) groups is 2. The highest BCUT2D eigenvalue weighted by atomic mass is 16.6. The van der Waals surface area contributed by atoms with E-state index in [1.807, 2.05) is 6.92 Å². The Labute approximate surface area is 155 Å². The number of amides is 2. The van der Waals surface area contributed by atoms with E-state index in [-0.39, 0.29) is 11.6 Å². The Kier molecular flexibility index (Phi) is 4.37. The number of imide groups is 1. The van der Waals surface area contributed by atoms with Crippen molar-refractivity contribution in [3.8, 4) is 0 Å². The third kappa shape index (κ3) is 2.68. The summed E-state index contributed by atoms with van der Waals surface area (Å²) in [6.45, 7) is 4.32. The maximum atomic E-state index is 13.4. The molecule has 140 valence electrons. The van der Waals surface area contributed by atoms with Crippen LogP contribution in [0, 0.1) is 10.1 Å². The van der Waals surface area contributed by atoms with Crippen LogP contribution in [0.1, 0.15) is 39.6 Å². The van der Waals surface area contributed by atoms with Gasteiger partial charge in [-0.2, -0.15) is 0 Å². The van der Waals surface area contributed by atoms with Crippen LogP contribution in [-0.2, 0) is 6.42 Å². The molecule has 8 nitrogen and oxygen atoms in total. The SMILES string of the molecule is CCCc1c([N+](=O)[O-])cc2cccc3c2c1C(=O)N(N1CCNCC1)C3=O. The fourth-order valence-electron chi connectivity index (χ4n) is 3.99. The van der Waals surface area contributed by atoms with E-state index in [0.29, 0.717) is 66.5 Å². The van der Waals surface area contributed by atoms with Crippen molar-refractivity contribution in [2.45, 2.75) is 19.8 Å². The van der Waals surface area contributed by atoms with E-state index in [1.165, 1.54) is 11.1 Å². The summed E-state index contributed by atoms with van der Waals surface area (Å²) in [7, 11) is 0. The van der Waals surface area contributed by atoms with E-state index in [4.69, 9.17) is 0 Å². The average Bonchev–Trinajstić information content (AvgIpc) is 2.67. The quantitative estimate of drug-likeness (QED) is 0.504. The summed E-state index contributed by atoms with van der Waals surface area (Å²) in [5.74, 6) is -0.825. The first-order chi connectivity index (χ1) is 13.0. The molecule has 0 saturated carbocycles. The van der Waals surface area contributed by atoms with Crippen molar-refractivity contribution < 1.29 is 14.5 Å². The number of nitro benzene ring substituents is 1. The Hall–Kier alpha value is -2.84. The van der Waals surface area contributed by atoms with Crippen LogP contribution >= 0.6 is 0 Å². The number of hydrazine groups is 1. The number of hydrogen-bond acceptors (Lipinski definition) is 6. The smallest absolute Gasteiger partial charge is 0.276 e. The largest absolute Gasteiger partial charge is 0.314 e. The summed E-state index contributed by atoms with van der Waals surface area (Å²) in [4.78, 5) is 37.7. The molecule has 2 aromatic rings. The number of piperazine rings is 1. The molecule has 8 heteroatoms. The van der Waals surface area contributed by atoms with Crippen LogP contribution in [0.3, 0.4) is 0 Å². The monoisotopic (exact) mass is 368 g/mol. The van der Waals surface area contributed by atoms with Gasteiger partial charge in [-0.25, -0.2) is 10.0 Å². The summed E-state index contributed by atoms with van der Waals surface area (Å²) in [5, 5.41) is 18.9. The molecule has 0 radical (unpaired) electrons. The van der Waals surface area contributed by atoms with E-state index >= 15 is 0 Å². The van der Waals surface area contributed by atoms with E-state index in [2.05, 4.69) is 5.32 Å². The van der Waals surface area contributed by atoms with E-state index in [9.17, 15) is 19.7 Å². The standard InChI is InChI=1S/C19H20N4O4/c1-2-4-13-15(23(26)27)11-12-5-3-6-14-16(12)17(13)19(25)22(18(14)24)21-9-7-20-8-10-21/h3,5-6,11,20H,2,4,7-10H2,1H3. The first kappa shape index (κ1) is 17.6. The molecule has 0 aliphatic carbocycles. The number of benzene rings is 2. The van der Waals surface area contributed by atoms with Gasteiger partial charge in [0.1, 0.15) is 0 Å². The Morgan fingerprint density at radius 2 is 1.93 bits per heavy atom. The van der Waals surface area contributed by atoms with Crippen molar-refractivity contribution in [1.82, 2.24) is 15.3 Å². The first-order valence-electron chi connectivity index (χ1n) is 9.12. The van der Waals surface area contributed by atoms with Crippen LogP contribution in [0.25, 0.3) is 10.8 Å². The maximum absolute atomic E-state index is 13.4. The van der Waals surface area contributed by atoms with Crippen LogP contribution in [0.15, 0.2) is 24.3 Å². The number of nitro groups is 1. The minimum absolute atomic E-state index is 0.0561. The lowest BCUT2D eigenvalue weighted by molar-refractivity contribution is -0.385. The maximum Gasteiger partial charge on any atom is 0.276 e. The van der Waals surface area contributed by atoms with Crippen LogP contribution in [-0.4, -0.2) is 52.9 Å². The van der Waals surface area contributed by atoms with Gasteiger partial charge in [-0.05, 0) is 17.9 Å². The minimum Gasteiger partial charge on any atom is -0.314 e. The van der Waals surface area contributed by atoms with E-state index in [0.717, 1.165) is 0 Å². The Morgan fingerprint density at radius 3 is 2.59 bits per heavy atom. The van der Waals surface area contributed by atoms with Gasteiger partial charge in [-0.3, -0.25) is 19.7 Å². The summed E-state index contributed by atoms with van der Waals surface area (Å²) in [6, 6.07) is 6.59. The van der Waals surface area contributed by atoms with Crippen molar-refractivity contribution in [3.05, 3.63) is 51.1 Å². The minimum atomic E-state index is -0.460. The number of rotatable bonds is 4. The molecule has 0 bridgehead atoms. The topological polar surface area (TPSA) is 95.8 Å². The predicted molar refractivity (Wildman–Crippen MR) is 99.5 cm³/mol. The van der Waals surface area contributed by atoms with Gasteiger partial charge in [-0.1, -0.05) is 25.5 Å². The highest BCUT2D eigenvalue weighted by Gasteiger charge is 2.40. The molecule has 27 heavy (non-hydrogen) atoms. The molecule has 2 aromatic carbocycles. The highest BCUT2D eigenvalue weighted by Crippen LogP contribution is 2.38. The second-order valence-corrected chi connectivity index (χ2v) is 6.79. The zero-order chi connectivity index (χ0) is 19.1. The summed E-state index contributed by atoms with van der Waals surface area (Å²) < 4.78 is 0. The molecule has 0 atom stereocenters. The normalized spacial score (nSPS) is 17.6. The zero-order valence-electron chi connectivity index (χ0n) is 15.0. The second-order valence-electron chi connectivity index (χ2n) is 6.79.